The van der Waals surface area contributed by atoms with Gasteiger partial charge in [-0.15, -0.1) is 12.4 Å². The smallest absolute Gasteiger partial charge is 0.308 e. The number of halogens is 1. The first-order valence-corrected chi connectivity index (χ1v) is 6.18. The van der Waals surface area contributed by atoms with Gasteiger partial charge >= 0.3 is 5.97 Å². The van der Waals surface area contributed by atoms with Crippen LogP contribution in [0.3, 0.4) is 0 Å². The Morgan fingerprint density at radius 3 is 2.63 bits per heavy atom. The highest BCUT2D eigenvalue weighted by molar-refractivity contribution is 5.87. The third-order valence-corrected chi connectivity index (χ3v) is 3.75. The summed E-state index contributed by atoms with van der Waals surface area (Å²) in [5.41, 5.74) is 1.14. The summed E-state index contributed by atoms with van der Waals surface area (Å²) in [5, 5.41) is 14.8. The van der Waals surface area contributed by atoms with Crippen LogP contribution in [-0.2, 0) is 4.79 Å². The number of fused-ring (bicyclic) bond motifs is 1. The molecular formula is C15H16ClNO2. The Morgan fingerprint density at radius 2 is 1.84 bits per heavy atom. The highest BCUT2D eigenvalue weighted by Crippen LogP contribution is 2.33. The van der Waals surface area contributed by atoms with Crippen LogP contribution in [0, 0.1) is 5.92 Å². The number of carbonyl (C=O) groups is 1. The Morgan fingerprint density at radius 1 is 1.11 bits per heavy atom. The molecule has 2 N–H and O–H groups in total. The van der Waals surface area contributed by atoms with Crippen LogP contribution >= 0.6 is 12.4 Å². The van der Waals surface area contributed by atoms with Gasteiger partial charge in [0.05, 0.1) is 5.92 Å². The van der Waals surface area contributed by atoms with Gasteiger partial charge in [-0.25, -0.2) is 0 Å². The summed E-state index contributed by atoms with van der Waals surface area (Å²) in [4.78, 5) is 11.3. The van der Waals surface area contributed by atoms with Crippen LogP contribution < -0.4 is 5.32 Å². The van der Waals surface area contributed by atoms with Crippen LogP contribution in [0.5, 0.6) is 0 Å². The zero-order valence-electron chi connectivity index (χ0n) is 10.4. The highest BCUT2D eigenvalue weighted by atomic mass is 35.5. The molecule has 3 rings (SSSR count). The fraction of sp³-hybridized carbons (Fsp3) is 0.267. The molecule has 1 aliphatic heterocycles. The molecule has 19 heavy (non-hydrogen) atoms. The molecule has 4 heteroatoms. The van der Waals surface area contributed by atoms with Crippen molar-refractivity contribution in [3.63, 3.8) is 0 Å². The summed E-state index contributed by atoms with van der Waals surface area (Å²) in [6, 6.07) is 14.3. The fourth-order valence-electron chi connectivity index (χ4n) is 2.84. The molecule has 2 atom stereocenters. The molecule has 2 aromatic carbocycles. The normalized spacial score (nSPS) is 22.1. The van der Waals surface area contributed by atoms with Crippen molar-refractivity contribution in [2.24, 2.45) is 5.92 Å². The van der Waals surface area contributed by atoms with E-state index in [2.05, 4.69) is 29.6 Å². The Balaban J connectivity index is 0.00000133. The molecule has 0 radical (unpaired) electrons. The van der Waals surface area contributed by atoms with Crippen LogP contribution in [0.4, 0.5) is 0 Å². The Bertz CT molecular complexity index is 594. The second kappa shape index (κ2) is 5.59. The topological polar surface area (TPSA) is 49.3 Å². The van der Waals surface area contributed by atoms with Gasteiger partial charge in [0.1, 0.15) is 0 Å². The Labute approximate surface area is 118 Å². The van der Waals surface area contributed by atoms with Crippen LogP contribution in [-0.4, -0.2) is 24.2 Å². The molecule has 0 bridgehead atoms. The number of benzene rings is 2. The number of aliphatic carboxylic acids is 1. The van der Waals surface area contributed by atoms with Crippen molar-refractivity contribution in [3.05, 3.63) is 48.0 Å². The van der Waals surface area contributed by atoms with Gasteiger partial charge in [-0.3, -0.25) is 4.79 Å². The first-order valence-electron chi connectivity index (χ1n) is 6.18. The highest BCUT2D eigenvalue weighted by Gasteiger charge is 2.34. The summed E-state index contributed by atoms with van der Waals surface area (Å²) in [6.45, 7) is 1.30. The quantitative estimate of drug-likeness (QED) is 0.887. The number of rotatable bonds is 2. The molecule has 0 aliphatic carbocycles. The maximum atomic E-state index is 11.3. The van der Waals surface area contributed by atoms with Crippen LogP contribution in [0.2, 0.25) is 0 Å². The third-order valence-electron chi connectivity index (χ3n) is 3.75. The number of hydrogen-bond donors (Lipinski definition) is 2. The van der Waals surface area contributed by atoms with E-state index in [1.165, 1.54) is 10.8 Å². The van der Waals surface area contributed by atoms with Crippen molar-refractivity contribution in [1.82, 2.24) is 5.32 Å². The number of hydrogen-bond acceptors (Lipinski definition) is 2. The standard InChI is InChI=1S/C15H15NO2.ClH/c17-15(18)14-9-16-8-13(14)12-7-3-5-10-4-1-2-6-11(10)12;/h1-7,13-14,16H,8-9H2,(H,17,18);1H/t13-,14+;/m1./s1. The molecule has 0 amide bonds. The van der Waals surface area contributed by atoms with Crippen molar-refractivity contribution < 1.29 is 9.90 Å². The Kier molecular flexibility index (Phi) is 4.08. The molecule has 0 spiro atoms. The zero-order chi connectivity index (χ0) is 12.5. The molecule has 100 valence electrons. The predicted octanol–water partition coefficient (Wildman–Crippen LogP) is 2.65. The van der Waals surface area contributed by atoms with E-state index in [4.69, 9.17) is 0 Å². The van der Waals surface area contributed by atoms with Gasteiger partial charge in [-0.2, -0.15) is 0 Å². The lowest BCUT2D eigenvalue weighted by molar-refractivity contribution is -0.141. The molecule has 1 aliphatic rings. The summed E-state index contributed by atoms with van der Waals surface area (Å²) in [7, 11) is 0. The van der Waals surface area contributed by atoms with Gasteiger partial charge in [0.25, 0.3) is 0 Å². The summed E-state index contributed by atoms with van der Waals surface area (Å²) in [5.74, 6) is -0.970. The zero-order valence-corrected chi connectivity index (χ0v) is 11.2. The SMILES string of the molecule is Cl.O=C(O)[C@H]1CNC[C@@H]1c1cccc2ccccc12. The number of carboxylic acid groups (broad SMARTS) is 1. The molecule has 2 aromatic rings. The van der Waals surface area contributed by atoms with Gasteiger partial charge in [-0.1, -0.05) is 42.5 Å². The molecule has 1 heterocycles. The van der Waals surface area contributed by atoms with Crippen molar-refractivity contribution in [2.75, 3.05) is 13.1 Å². The predicted molar refractivity (Wildman–Crippen MR) is 77.9 cm³/mol. The third kappa shape index (κ3) is 2.44. The lowest BCUT2D eigenvalue weighted by Gasteiger charge is -2.17. The monoisotopic (exact) mass is 277 g/mol. The summed E-state index contributed by atoms with van der Waals surface area (Å²) >= 11 is 0. The average molecular weight is 278 g/mol. The molecule has 0 aromatic heterocycles. The minimum atomic E-state index is -0.710. The minimum Gasteiger partial charge on any atom is -0.481 e. The van der Waals surface area contributed by atoms with E-state index in [-0.39, 0.29) is 24.2 Å². The van der Waals surface area contributed by atoms with Crippen molar-refractivity contribution in [2.45, 2.75) is 5.92 Å². The maximum absolute atomic E-state index is 11.3. The van der Waals surface area contributed by atoms with Gasteiger partial charge < -0.3 is 10.4 Å². The van der Waals surface area contributed by atoms with Gasteiger partial charge in [0, 0.05) is 19.0 Å². The minimum absolute atomic E-state index is 0. The summed E-state index contributed by atoms with van der Waals surface area (Å²) < 4.78 is 0. The number of nitrogens with one attached hydrogen (secondary N) is 1. The fourth-order valence-corrected chi connectivity index (χ4v) is 2.84. The lowest BCUT2D eigenvalue weighted by Crippen LogP contribution is -2.21. The molecule has 0 saturated carbocycles. The van der Waals surface area contributed by atoms with E-state index >= 15 is 0 Å². The van der Waals surface area contributed by atoms with Crippen molar-refractivity contribution in [3.8, 4) is 0 Å². The molecule has 1 saturated heterocycles. The number of carboxylic acids is 1. The van der Waals surface area contributed by atoms with E-state index in [1.54, 1.807) is 0 Å². The van der Waals surface area contributed by atoms with Gasteiger partial charge in [0.2, 0.25) is 0 Å². The maximum Gasteiger partial charge on any atom is 0.308 e. The van der Waals surface area contributed by atoms with Crippen LogP contribution in [0.25, 0.3) is 10.8 Å². The summed E-state index contributed by atoms with van der Waals surface area (Å²) in [6.07, 6.45) is 0. The molecular weight excluding hydrogens is 262 g/mol. The molecule has 0 unspecified atom stereocenters. The van der Waals surface area contributed by atoms with Crippen LogP contribution in [0.15, 0.2) is 42.5 Å². The lowest BCUT2D eigenvalue weighted by atomic mass is 9.86. The first-order chi connectivity index (χ1) is 8.77. The average Bonchev–Trinajstić information content (AvgIpc) is 2.87. The van der Waals surface area contributed by atoms with Gasteiger partial charge in [0.15, 0.2) is 0 Å². The van der Waals surface area contributed by atoms with E-state index in [9.17, 15) is 9.90 Å². The van der Waals surface area contributed by atoms with Crippen LogP contribution in [0.1, 0.15) is 11.5 Å². The van der Waals surface area contributed by atoms with E-state index in [0.717, 1.165) is 12.1 Å². The van der Waals surface area contributed by atoms with Crippen molar-refractivity contribution in [1.29, 1.82) is 0 Å². The van der Waals surface area contributed by atoms with E-state index < -0.39 is 5.97 Å². The van der Waals surface area contributed by atoms with E-state index in [0.29, 0.717) is 6.54 Å². The second-order valence-electron chi connectivity index (χ2n) is 4.78. The molecule has 1 fully saturated rings. The molecule has 3 nitrogen and oxygen atoms in total. The van der Waals surface area contributed by atoms with Crippen molar-refractivity contribution >= 4 is 29.1 Å². The Hall–Kier alpha value is -1.58. The second-order valence-corrected chi connectivity index (χ2v) is 4.78. The first kappa shape index (κ1) is 13.8. The van der Waals surface area contributed by atoms with Gasteiger partial charge in [-0.05, 0) is 16.3 Å². The largest absolute Gasteiger partial charge is 0.481 e. The van der Waals surface area contributed by atoms with E-state index in [1.807, 2.05) is 18.2 Å².